The molecule has 0 aromatic carbocycles. The molecule has 0 aliphatic rings. The first-order chi connectivity index (χ1) is 7.64. The molecule has 98 valence electrons. The molecule has 0 spiro atoms. The molecule has 0 radical (unpaired) electrons. The molecule has 0 aliphatic carbocycles. The van der Waals surface area contributed by atoms with Crippen molar-refractivity contribution < 1.29 is 18.9 Å². The van der Waals surface area contributed by atoms with Crippen molar-refractivity contribution in [1.82, 2.24) is 0 Å². The first-order valence-corrected chi connectivity index (χ1v) is 10.1. The Kier molecular flexibility index (Phi) is 10.1. The zero-order valence-corrected chi connectivity index (χ0v) is 14.6. The number of hydrogen-bond acceptors (Lipinski definition) is 0. The fourth-order valence-electron chi connectivity index (χ4n) is 1.57. The van der Waals surface area contributed by atoms with Crippen molar-refractivity contribution in [3.05, 3.63) is 18.6 Å². The van der Waals surface area contributed by atoms with Crippen LogP contribution in [0.4, 0.5) is 0 Å². The summed E-state index contributed by atoms with van der Waals surface area (Å²) in [4.78, 5) is 0. The molecule has 0 saturated carbocycles. The van der Waals surface area contributed by atoms with E-state index in [-0.39, 0.29) is 18.9 Å². The van der Waals surface area contributed by atoms with E-state index in [9.17, 15) is 0 Å². The van der Waals surface area contributed by atoms with Gasteiger partial charge in [0, 0.05) is 8.07 Å². The van der Waals surface area contributed by atoms with Gasteiger partial charge in [-0.15, -0.1) is 6.58 Å². The Hall–Kier alpha value is -0.0157. The largest absolute Gasteiger partial charge is 1.00 e. The predicted octanol–water partition coefficient (Wildman–Crippen LogP) is 2.24. The van der Waals surface area contributed by atoms with Crippen molar-refractivity contribution in [2.24, 2.45) is 5.41 Å². The molecule has 0 unspecified atom stereocenters. The Bertz CT molecular complexity index is 283. The molecule has 0 fully saturated rings. The fraction of sp³-hybridized carbons (Fsp3) is 0.688. The first-order valence-electron chi connectivity index (χ1n) is 6.63. The van der Waals surface area contributed by atoms with Gasteiger partial charge in [0.25, 0.3) is 0 Å². The molecule has 0 bridgehead atoms. The van der Waals surface area contributed by atoms with Crippen molar-refractivity contribution in [3.63, 3.8) is 0 Å². The summed E-state index contributed by atoms with van der Waals surface area (Å²) in [6.45, 7) is 17.6. The van der Waals surface area contributed by atoms with Crippen LogP contribution in [0.25, 0.3) is 0 Å². The molecule has 0 amide bonds. The van der Waals surface area contributed by atoms with E-state index in [0.29, 0.717) is 5.41 Å². The standard InChI is InChI=1S/C16H29Si.Li/c1-8-9-10-11-15(14-16(2,3)4)12-13-17(5,6)7;/h8H,1,9-11,14H2,2-7H3;/q-1;+1. The van der Waals surface area contributed by atoms with Crippen LogP contribution in [0.5, 0.6) is 0 Å². The average Bonchev–Trinajstić information content (AvgIpc) is 2.11. The molecule has 0 saturated heterocycles. The summed E-state index contributed by atoms with van der Waals surface area (Å²) in [5.41, 5.74) is 3.84. The van der Waals surface area contributed by atoms with Crippen molar-refractivity contribution in [2.75, 3.05) is 0 Å². The first kappa shape index (κ1) is 20.3. The molecule has 0 aromatic rings. The SMILES string of the molecule is C=CCCC[C-](C#C[Si](C)(C)C)CC(C)(C)C.[Li+]. The Morgan fingerprint density at radius 1 is 1.22 bits per heavy atom. The summed E-state index contributed by atoms with van der Waals surface area (Å²) in [6.07, 6.45) is 6.56. The zero-order chi connectivity index (χ0) is 13.5. The van der Waals surface area contributed by atoms with Crippen LogP contribution in [-0.2, 0) is 0 Å². The van der Waals surface area contributed by atoms with E-state index in [4.69, 9.17) is 0 Å². The van der Waals surface area contributed by atoms with Gasteiger partial charge in [0.1, 0.15) is 0 Å². The third kappa shape index (κ3) is 14.0. The molecule has 0 aliphatic heterocycles. The molecule has 0 heterocycles. The van der Waals surface area contributed by atoms with E-state index < -0.39 is 8.07 Å². The molecule has 0 aromatic heterocycles. The summed E-state index contributed by atoms with van der Waals surface area (Å²) < 4.78 is 0. The van der Waals surface area contributed by atoms with Gasteiger partial charge in [-0.2, -0.15) is 5.92 Å². The van der Waals surface area contributed by atoms with Crippen molar-refractivity contribution in [3.8, 4) is 11.5 Å². The Morgan fingerprint density at radius 3 is 2.17 bits per heavy atom. The van der Waals surface area contributed by atoms with Crippen LogP contribution in [0.1, 0.15) is 46.5 Å². The second kappa shape index (κ2) is 8.98. The maximum Gasteiger partial charge on any atom is 1.00 e. The molecule has 0 rings (SSSR count). The quantitative estimate of drug-likeness (QED) is 0.233. The van der Waals surface area contributed by atoms with Crippen molar-refractivity contribution in [1.29, 1.82) is 0 Å². The molecular formula is C16H29LiSi. The summed E-state index contributed by atoms with van der Waals surface area (Å²) >= 11 is 0. The maximum absolute atomic E-state index is 3.78. The number of allylic oxidation sites excluding steroid dienone is 1. The van der Waals surface area contributed by atoms with Gasteiger partial charge in [-0.05, 0) is 11.8 Å². The van der Waals surface area contributed by atoms with Crippen LogP contribution in [0.3, 0.4) is 0 Å². The van der Waals surface area contributed by atoms with Crippen LogP contribution >= 0.6 is 0 Å². The summed E-state index contributed by atoms with van der Waals surface area (Å²) in [5.74, 6) is 4.90. The average molecular weight is 256 g/mol. The summed E-state index contributed by atoms with van der Waals surface area (Å²) in [7, 11) is -1.24. The van der Waals surface area contributed by atoms with E-state index in [0.717, 1.165) is 19.3 Å². The van der Waals surface area contributed by atoms with Crippen molar-refractivity contribution >= 4 is 8.07 Å². The molecule has 0 nitrogen and oxygen atoms in total. The van der Waals surface area contributed by atoms with Crippen LogP contribution in [0.2, 0.25) is 19.6 Å². The van der Waals surface area contributed by atoms with Gasteiger partial charge in [-0.3, -0.25) is 5.92 Å². The molecule has 2 heteroatoms. The Labute approximate surface area is 128 Å². The Balaban J connectivity index is 0. The second-order valence-corrected chi connectivity index (χ2v) is 11.8. The molecular weight excluding hydrogens is 227 g/mol. The third-order valence-corrected chi connectivity index (χ3v) is 3.12. The summed E-state index contributed by atoms with van der Waals surface area (Å²) in [5, 5.41) is 0. The number of hydrogen-bond donors (Lipinski definition) is 0. The number of rotatable bonds is 5. The van der Waals surface area contributed by atoms with Crippen LogP contribution in [0.15, 0.2) is 12.7 Å². The molecule has 0 N–H and O–H groups in total. The van der Waals surface area contributed by atoms with Gasteiger partial charge in [0.15, 0.2) is 0 Å². The minimum Gasteiger partial charge on any atom is -0.332 e. The van der Waals surface area contributed by atoms with E-state index >= 15 is 0 Å². The van der Waals surface area contributed by atoms with Crippen LogP contribution in [-0.4, -0.2) is 8.07 Å². The minimum atomic E-state index is -1.24. The van der Waals surface area contributed by atoms with Crippen LogP contribution in [0, 0.1) is 22.8 Å². The molecule has 0 atom stereocenters. The van der Waals surface area contributed by atoms with Gasteiger partial charge in [0.2, 0.25) is 0 Å². The van der Waals surface area contributed by atoms with E-state index in [1.807, 2.05) is 6.08 Å². The van der Waals surface area contributed by atoms with Gasteiger partial charge in [-0.25, -0.2) is 0 Å². The maximum atomic E-state index is 3.78. The normalized spacial score (nSPS) is 11.0. The van der Waals surface area contributed by atoms with E-state index in [1.54, 1.807) is 0 Å². The molecule has 18 heavy (non-hydrogen) atoms. The van der Waals surface area contributed by atoms with Crippen LogP contribution < -0.4 is 18.9 Å². The monoisotopic (exact) mass is 256 g/mol. The fourth-order valence-corrected chi connectivity index (χ4v) is 2.12. The topological polar surface area (TPSA) is 0 Å². The third-order valence-electron chi connectivity index (χ3n) is 2.24. The second-order valence-electron chi connectivity index (χ2n) is 7.02. The van der Waals surface area contributed by atoms with Gasteiger partial charge < -0.3 is 5.54 Å². The number of unbranched alkanes of at least 4 members (excludes halogenated alkanes) is 1. The smallest absolute Gasteiger partial charge is 0.332 e. The zero-order valence-electron chi connectivity index (χ0n) is 13.6. The Morgan fingerprint density at radius 2 is 1.78 bits per heavy atom. The van der Waals surface area contributed by atoms with Gasteiger partial charge in [-0.1, -0.05) is 65.8 Å². The predicted molar refractivity (Wildman–Crippen MR) is 82.5 cm³/mol. The summed E-state index contributed by atoms with van der Waals surface area (Å²) in [6, 6.07) is 0. The van der Waals surface area contributed by atoms with E-state index in [1.165, 1.54) is 12.3 Å². The van der Waals surface area contributed by atoms with E-state index in [2.05, 4.69) is 58.5 Å². The van der Waals surface area contributed by atoms with Gasteiger partial charge in [0.05, 0.1) is 0 Å². The minimum absolute atomic E-state index is 0. The van der Waals surface area contributed by atoms with Crippen molar-refractivity contribution in [2.45, 2.75) is 66.1 Å². The van der Waals surface area contributed by atoms with Gasteiger partial charge >= 0.3 is 18.9 Å².